The molecule has 0 radical (unpaired) electrons. The Labute approximate surface area is 174 Å². The van der Waals surface area contributed by atoms with E-state index in [1.807, 2.05) is 42.7 Å². The van der Waals surface area contributed by atoms with Crippen LogP contribution in [0, 0.1) is 10.1 Å². The summed E-state index contributed by atoms with van der Waals surface area (Å²) in [4.78, 5) is 24.7. The number of ether oxygens (including phenoxy) is 1. The average Bonchev–Trinajstić information content (AvgIpc) is 2.85. The fourth-order valence-corrected chi connectivity index (χ4v) is 5.66. The van der Waals surface area contributed by atoms with E-state index in [0.717, 1.165) is 23.0 Å². The second-order valence-corrected chi connectivity index (χ2v) is 14.5. The normalized spacial score (nSPS) is 19.4. The molecule has 2 rings (SSSR count). The highest BCUT2D eigenvalue weighted by Crippen LogP contribution is 2.52. The summed E-state index contributed by atoms with van der Waals surface area (Å²) in [5, 5.41) is 11.1. The second-order valence-electron chi connectivity index (χ2n) is 9.39. The van der Waals surface area contributed by atoms with E-state index < -0.39 is 18.6 Å². The number of rotatable bonds is 6. The maximum Gasteiger partial charge on any atom is 0.234 e. The van der Waals surface area contributed by atoms with Crippen LogP contribution in [0.5, 0.6) is 5.75 Å². The average molecular weight is 417 g/mol. The summed E-state index contributed by atoms with van der Waals surface area (Å²) in [6.07, 6.45) is 4.69. The van der Waals surface area contributed by atoms with Crippen LogP contribution in [0.2, 0.25) is 18.1 Å². The van der Waals surface area contributed by atoms with Gasteiger partial charge in [-0.15, -0.1) is 0 Å². The number of nitro groups is 1. The van der Waals surface area contributed by atoms with Gasteiger partial charge in [0.15, 0.2) is 8.24 Å². The van der Waals surface area contributed by atoms with E-state index in [9.17, 15) is 14.9 Å². The molecule has 7 heteroatoms. The Morgan fingerprint density at radius 2 is 1.93 bits per heavy atom. The lowest BCUT2D eigenvalue weighted by molar-refractivity contribution is -0.402. The Hall–Kier alpha value is -2.41. The molecule has 0 fully saturated rings. The molecule has 0 unspecified atom stereocenters. The number of allylic oxidation sites excluding steroid dienone is 2. The minimum atomic E-state index is -2.30. The number of hydrogen-bond donors (Lipinski definition) is 0. The Bertz CT molecular complexity index is 879. The van der Waals surface area contributed by atoms with Crippen molar-refractivity contribution in [2.75, 3.05) is 11.7 Å². The first-order valence-corrected chi connectivity index (χ1v) is 12.7. The molecule has 6 nitrogen and oxygen atoms in total. The molecule has 158 valence electrons. The lowest BCUT2D eigenvalue weighted by Crippen LogP contribution is -2.58. The zero-order chi connectivity index (χ0) is 22.2. The minimum absolute atomic E-state index is 0.0841. The van der Waals surface area contributed by atoms with Gasteiger partial charge in [0.05, 0.1) is 12.0 Å². The largest absolute Gasteiger partial charge is 0.497 e. The summed E-state index contributed by atoms with van der Waals surface area (Å²) >= 11 is 0. The van der Waals surface area contributed by atoms with E-state index in [4.69, 9.17) is 4.74 Å². The van der Waals surface area contributed by atoms with E-state index in [-0.39, 0.29) is 10.9 Å². The Morgan fingerprint density at radius 1 is 1.31 bits per heavy atom. The molecular weight excluding hydrogens is 384 g/mol. The van der Waals surface area contributed by atoms with Crippen molar-refractivity contribution in [1.29, 1.82) is 0 Å². The third-order valence-corrected chi connectivity index (χ3v) is 11.5. The molecule has 0 saturated carbocycles. The fourth-order valence-electron chi connectivity index (χ4n) is 3.49. The SMILES string of the molecule is COc1ccc2c(c1)[C@@](/C=C/[N+](=O)[O-])(CC=C(C)C)C(=O)N2[Si](C)(C)C(C)(C)C. The third kappa shape index (κ3) is 4.01. The number of carbonyl (C=O) groups is 1. The van der Waals surface area contributed by atoms with Gasteiger partial charge in [-0.3, -0.25) is 14.9 Å². The molecule has 1 aliphatic heterocycles. The highest BCUT2D eigenvalue weighted by Gasteiger charge is 2.56. The van der Waals surface area contributed by atoms with E-state index in [1.165, 1.54) is 6.08 Å². The molecule has 0 spiro atoms. The van der Waals surface area contributed by atoms with Crippen LogP contribution in [0.1, 0.15) is 46.6 Å². The molecule has 0 aliphatic carbocycles. The monoisotopic (exact) mass is 416 g/mol. The Morgan fingerprint density at radius 3 is 2.41 bits per heavy atom. The van der Waals surface area contributed by atoms with Crippen LogP contribution in [0.25, 0.3) is 0 Å². The van der Waals surface area contributed by atoms with Crippen LogP contribution in [0.3, 0.4) is 0 Å². The van der Waals surface area contributed by atoms with Crippen molar-refractivity contribution in [1.82, 2.24) is 0 Å². The topological polar surface area (TPSA) is 72.7 Å². The molecule has 29 heavy (non-hydrogen) atoms. The number of nitrogens with zero attached hydrogens (tertiary/aromatic N) is 2. The molecule has 1 aromatic carbocycles. The maximum atomic E-state index is 14.0. The summed E-state index contributed by atoms with van der Waals surface area (Å²) in [5.41, 5.74) is 1.53. The summed E-state index contributed by atoms with van der Waals surface area (Å²) < 4.78 is 7.36. The number of methoxy groups -OCH3 is 1. The van der Waals surface area contributed by atoms with Crippen molar-refractivity contribution in [3.63, 3.8) is 0 Å². The first-order chi connectivity index (χ1) is 13.3. The molecule has 0 bridgehead atoms. The number of amides is 1. The molecule has 1 amide bonds. The summed E-state index contributed by atoms with van der Waals surface area (Å²) in [6.45, 7) is 14.7. The van der Waals surface area contributed by atoms with Gasteiger partial charge in [-0.05, 0) is 49.1 Å². The van der Waals surface area contributed by atoms with Crippen molar-refractivity contribution in [2.24, 2.45) is 0 Å². The van der Waals surface area contributed by atoms with Crippen molar-refractivity contribution in [2.45, 2.75) is 64.6 Å². The summed E-state index contributed by atoms with van der Waals surface area (Å²) in [7, 11) is -0.718. The first-order valence-electron chi connectivity index (χ1n) is 9.77. The van der Waals surface area contributed by atoms with Gasteiger partial charge < -0.3 is 9.30 Å². The zero-order valence-electron chi connectivity index (χ0n) is 18.7. The molecule has 1 aromatic rings. The number of hydrogen-bond acceptors (Lipinski definition) is 4. The fraction of sp³-hybridized carbons (Fsp3) is 0.500. The van der Waals surface area contributed by atoms with E-state index in [0.29, 0.717) is 12.2 Å². The second kappa shape index (κ2) is 7.78. The predicted octanol–water partition coefficient (Wildman–Crippen LogP) is 5.43. The van der Waals surface area contributed by atoms with E-state index >= 15 is 0 Å². The van der Waals surface area contributed by atoms with Crippen LogP contribution in [-0.4, -0.2) is 26.2 Å². The minimum Gasteiger partial charge on any atom is -0.497 e. The van der Waals surface area contributed by atoms with Crippen LogP contribution in [-0.2, 0) is 10.2 Å². The highest BCUT2D eigenvalue weighted by molar-refractivity contribution is 6.87. The van der Waals surface area contributed by atoms with Gasteiger partial charge in [0, 0.05) is 11.8 Å². The van der Waals surface area contributed by atoms with E-state index in [1.54, 1.807) is 7.11 Å². The van der Waals surface area contributed by atoms with E-state index in [2.05, 4.69) is 33.9 Å². The van der Waals surface area contributed by atoms with Gasteiger partial charge in [0.25, 0.3) is 0 Å². The zero-order valence-corrected chi connectivity index (χ0v) is 19.7. The predicted molar refractivity (Wildman–Crippen MR) is 120 cm³/mol. The Balaban J connectivity index is 2.85. The first kappa shape index (κ1) is 22.9. The van der Waals surface area contributed by atoms with Crippen molar-refractivity contribution < 1.29 is 14.5 Å². The van der Waals surface area contributed by atoms with Crippen LogP contribution < -0.4 is 9.30 Å². The van der Waals surface area contributed by atoms with Gasteiger partial charge in [-0.25, -0.2) is 0 Å². The molecular formula is C22H32N2O4Si. The molecule has 0 aromatic heterocycles. The third-order valence-electron chi connectivity index (χ3n) is 6.22. The lowest BCUT2D eigenvalue weighted by atomic mass is 9.78. The van der Waals surface area contributed by atoms with Crippen LogP contribution >= 0.6 is 0 Å². The molecule has 1 atom stereocenters. The van der Waals surface area contributed by atoms with Crippen molar-refractivity contribution in [3.8, 4) is 5.75 Å². The summed E-state index contributed by atoms with van der Waals surface area (Å²) in [5.74, 6) is 0.535. The molecule has 1 aliphatic rings. The Kier molecular flexibility index (Phi) is 6.14. The highest BCUT2D eigenvalue weighted by atomic mass is 28.3. The van der Waals surface area contributed by atoms with Gasteiger partial charge in [-0.1, -0.05) is 45.5 Å². The standard InChI is InChI=1S/C22H32N2O4Si/c1-16(2)11-12-22(13-14-23(26)27)18-15-17(28-6)9-10-19(18)24(20(22)25)29(7,8)21(3,4)5/h9-11,13-15H,12H2,1-8H3/b14-13+/t22-/m0/s1. The number of benzene rings is 1. The molecule has 0 N–H and O–H groups in total. The molecule has 1 heterocycles. The van der Waals surface area contributed by atoms with Crippen LogP contribution in [0.15, 0.2) is 42.1 Å². The number of anilines is 1. The number of fused-ring (bicyclic) bond motifs is 1. The maximum absolute atomic E-state index is 14.0. The summed E-state index contributed by atoms with van der Waals surface area (Å²) in [6, 6.07) is 5.61. The van der Waals surface area contributed by atoms with Crippen molar-refractivity contribution >= 4 is 19.8 Å². The van der Waals surface area contributed by atoms with Crippen molar-refractivity contribution in [3.05, 3.63) is 57.8 Å². The van der Waals surface area contributed by atoms with Crippen LogP contribution in [0.4, 0.5) is 5.69 Å². The number of carbonyl (C=O) groups excluding carboxylic acids is 1. The lowest BCUT2D eigenvalue weighted by Gasteiger charge is -2.44. The molecule has 0 saturated heterocycles. The van der Waals surface area contributed by atoms with Gasteiger partial charge in [0.1, 0.15) is 11.2 Å². The van der Waals surface area contributed by atoms with Gasteiger partial charge >= 0.3 is 0 Å². The smallest absolute Gasteiger partial charge is 0.234 e. The van der Waals surface area contributed by atoms with Gasteiger partial charge in [-0.2, -0.15) is 0 Å². The van der Waals surface area contributed by atoms with Gasteiger partial charge in [0.2, 0.25) is 12.1 Å². The quantitative estimate of drug-likeness (QED) is 0.268.